The highest BCUT2D eigenvalue weighted by Gasteiger charge is 2.08. The van der Waals surface area contributed by atoms with Gasteiger partial charge in [0.15, 0.2) is 0 Å². The van der Waals surface area contributed by atoms with Gasteiger partial charge in [0.2, 0.25) is 0 Å². The van der Waals surface area contributed by atoms with Crippen LogP contribution in [-0.2, 0) is 0 Å². The first-order chi connectivity index (χ1) is 7.20. The minimum atomic E-state index is -0.450. The molecule has 0 saturated heterocycles. The van der Waals surface area contributed by atoms with Crippen LogP contribution in [0.25, 0.3) is 11.3 Å². The maximum atomic E-state index is 13.5. The molecular weight excluding hydrogens is 195 g/mol. The van der Waals surface area contributed by atoms with E-state index >= 15 is 0 Å². The molecule has 2 rings (SSSR count). The van der Waals surface area contributed by atoms with Crippen molar-refractivity contribution in [2.24, 2.45) is 0 Å². The largest absolute Gasteiger partial charge is 0.461 e. The van der Waals surface area contributed by atoms with E-state index in [1.165, 1.54) is 12.1 Å². The molecule has 0 aliphatic carbocycles. The second-order valence-electron chi connectivity index (χ2n) is 3.27. The molecule has 0 N–H and O–H groups in total. The number of aryl methyl sites for hydroxylation is 1. The summed E-state index contributed by atoms with van der Waals surface area (Å²) in [6, 6.07) is 7.76. The summed E-state index contributed by atoms with van der Waals surface area (Å²) in [7, 11) is 0. The first-order valence-electron chi connectivity index (χ1n) is 4.52. The van der Waals surface area contributed by atoms with Crippen LogP contribution in [0.15, 0.2) is 34.7 Å². The second-order valence-corrected chi connectivity index (χ2v) is 3.27. The molecular formula is C12H9FO2. The van der Waals surface area contributed by atoms with E-state index in [0.717, 1.165) is 5.76 Å². The topological polar surface area (TPSA) is 30.2 Å². The summed E-state index contributed by atoms with van der Waals surface area (Å²) in [5, 5.41) is 0. The van der Waals surface area contributed by atoms with Crippen molar-refractivity contribution < 1.29 is 13.6 Å². The predicted molar refractivity (Wildman–Crippen MR) is 54.2 cm³/mol. The third-order valence-corrected chi connectivity index (χ3v) is 2.14. The molecule has 1 heterocycles. The average Bonchev–Trinajstić information content (AvgIpc) is 2.64. The fraction of sp³-hybridized carbons (Fsp3) is 0.0833. The quantitative estimate of drug-likeness (QED) is 0.703. The number of hydrogen-bond acceptors (Lipinski definition) is 2. The predicted octanol–water partition coefficient (Wildman–Crippen LogP) is 3.21. The number of hydrogen-bond donors (Lipinski definition) is 0. The normalized spacial score (nSPS) is 10.3. The van der Waals surface area contributed by atoms with Gasteiger partial charge in [0.1, 0.15) is 23.6 Å². The molecule has 0 spiro atoms. The lowest BCUT2D eigenvalue weighted by Gasteiger charge is -1.99. The molecule has 1 aromatic heterocycles. The molecule has 0 aliphatic heterocycles. The van der Waals surface area contributed by atoms with Crippen LogP contribution in [0.4, 0.5) is 4.39 Å². The summed E-state index contributed by atoms with van der Waals surface area (Å²) in [5.41, 5.74) is 0.688. The molecule has 0 fully saturated rings. The van der Waals surface area contributed by atoms with E-state index in [4.69, 9.17) is 4.42 Å². The highest BCUT2D eigenvalue weighted by molar-refractivity contribution is 5.76. The Kier molecular flexibility index (Phi) is 2.37. The van der Waals surface area contributed by atoms with Crippen molar-refractivity contribution in [2.75, 3.05) is 0 Å². The standard InChI is InChI=1S/C12H9FO2/c1-8-2-5-12(15-8)10-4-3-9(7-14)6-11(10)13/h2-7H,1H3. The smallest absolute Gasteiger partial charge is 0.150 e. The number of benzene rings is 1. The Hall–Kier alpha value is -1.90. The highest BCUT2D eigenvalue weighted by atomic mass is 19.1. The van der Waals surface area contributed by atoms with Crippen LogP contribution in [0.3, 0.4) is 0 Å². The summed E-state index contributed by atoms with van der Waals surface area (Å²) < 4.78 is 18.8. The van der Waals surface area contributed by atoms with Crippen molar-refractivity contribution in [3.05, 3.63) is 47.5 Å². The Morgan fingerprint density at radius 1 is 1.27 bits per heavy atom. The molecule has 15 heavy (non-hydrogen) atoms. The molecule has 0 amide bonds. The first-order valence-corrected chi connectivity index (χ1v) is 4.52. The second kappa shape index (κ2) is 3.69. The first kappa shape index (κ1) is 9.65. The van der Waals surface area contributed by atoms with Crippen LogP contribution < -0.4 is 0 Å². The summed E-state index contributed by atoms with van der Waals surface area (Å²) in [5.74, 6) is 0.750. The number of carbonyl (C=O) groups is 1. The van der Waals surface area contributed by atoms with Gasteiger partial charge in [-0.3, -0.25) is 4.79 Å². The summed E-state index contributed by atoms with van der Waals surface area (Å²) in [6.07, 6.45) is 0.611. The van der Waals surface area contributed by atoms with Gasteiger partial charge >= 0.3 is 0 Å². The molecule has 2 aromatic rings. The van der Waals surface area contributed by atoms with E-state index in [2.05, 4.69) is 0 Å². The van der Waals surface area contributed by atoms with E-state index in [1.807, 2.05) is 0 Å². The third kappa shape index (κ3) is 1.81. The van der Waals surface area contributed by atoms with Gasteiger partial charge in [-0.1, -0.05) is 6.07 Å². The van der Waals surface area contributed by atoms with Gasteiger partial charge in [0.25, 0.3) is 0 Å². The molecule has 0 saturated carbocycles. The van der Waals surface area contributed by atoms with Crippen LogP contribution in [0.2, 0.25) is 0 Å². The maximum Gasteiger partial charge on any atom is 0.150 e. The van der Waals surface area contributed by atoms with Gasteiger partial charge in [-0.05, 0) is 31.2 Å². The van der Waals surface area contributed by atoms with Gasteiger partial charge < -0.3 is 4.42 Å². The highest BCUT2D eigenvalue weighted by Crippen LogP contribution is 2.25. The van der Waals surface area contributed by atoms with E-state index < -0.39 is 5.82 Å². The summed E-state index contributed by atoms with van der Waals surface area (Å²) in [4.78, 5) is 10.4. The number of furan rings is 1. The Labute approximate surface area is 86.3 Å². The van der Waals surface area contributed by atoms with E-state index in [1.54, 1.807) is 25.1 Å². The monoisotopic (exact) mass is 204 g/mol. The lowest BCUT2D eigenvalue weighted by molar-refractivity contribution is 0.112. The van der Waals surface area contributed by atoms with Crippen LogP contribution in [0.5, 0.6) is 0 Å². The zero-order chi connectivity index (χ0) is 10.8. The Bertz CT molecular complexity index is 500. The van der Waals surface area contributed by atoms with Crippen LogP contribution >= 0.6 is 0 Å². The van der Waals surface area contributed by atoms with Crippen molar-refractivity contribution in [3.63, 3.8) is 0 Å². The van der Waals surface area contributed by atoms with Crippen LogP contribution in [0, 0.1) is 12.7 Å². The molecule has 3 heteroatoms. The minimum absolute atomic E-state index is 0.319. The zero-order valence-corrected chi connectivity index (χ0v) is 8.16. The fourth-order valence-electron chi connectivity index (χ4n) is 1.38. The summed E-state index contributed by atoms with van der Waals surface area (Å²) >= 11 is 0. The minimum Gasteiger partial charge on any atom is -0.461 e. The van der Waals surface area contributed by atoms with Gasteiger partial charge in [-0.2, -0.15) is 0 Å². The van der Waals surface area contributed by atoms with E-state index in [9.17, 15) is 9.18 Å². The molecule has 76 valence electrons. The van der Waals surface area contributed by atoms with Crippen LogP contribution in [0.1, 0.15) is 16.1 Å². The Morgan fingerprint density at radius 2 is 2.07 bits per heavy atom. The molecule has 0 aliphatic rings. The lowest BCUT2D eigenvalue weighted by Crippen LogP contribution is -1.86. The maximum absolute atomic E-state index is 13.5. The fourth-order valence-corrected chi connectivity index (χ4v) is 1.38. The SMILES string of the molecule is Cc1ccc(-c2ccc(C=O)cc2F)o1. The molecule has 1 aromatic carbocycles. The number of halogens is 1. The number of aldehydes is 1. The van der Waals surface area contributed by atoms with Crippen molar-refractivity contribution in [2.45, 2.75) is 6.92 Å². The number of carbonyl (C=O) groups excluding carboxylic acids is 1. The molecule has 0 bridgehead atoms. The lowest BCUT2D eigenvalue weighted by atomic mass is 10.1. The third-order valence-electron chi connectivity index (χ3n) is 2.14. The van der Waals surface area contributed by atoms with Crippen molar-refractivity contribution >= 4 is 6.29 Å². The van der Waals surface area contributed by atoms with Gasteiger partial charge in [0.05, 0.1) is 5.56 Å². The Morgan fingerprint density at radius 3 is 2.60 bits per heavy atom. The van der Waals surface area contributed by atoms with E-state index in [-0.39, 0.29) is 0 Å². The van der Waals surface area contributed by atoms with Crippen molar-refractivity contribution in [3.8, 4) is 11.3 Å². The van der Waals surface area contributed by atoms with Crippen LogP contribution in [-0.4, -0.2) is 6.29 Å². The van der Waals surface area contributed by atoms with Gasteiger partial charge in [-0.25, -0.2) is 4.39 Å². The van der Waals surface area contributed by atoms with E-state index in [0.29, 0.717) is 23.2 Å². The molecule has 0 unspecified atom stereocenters. The van der Waals surface area contributed by atoms with Crippen molar-refractivity contribution in [1.82, 2.24) is 0 Å². The molecule has 2 nitrogen and oxygen atoms in total. The Balaban J connectivity index is 2.49. The van der Waals surface area contributed by atoms with Gasteiger partial charge in [-0.15, -0.1) is 0 Å². The number of rotatable bonds is 2. The van der Waals surface area contributed by atoms with Gasteiger partial charge in [0, 0.05) is 5.56 Å². The zero-order valence-electron chi connectivity index (χ0n) is 8.16. The molecule has 0 atom stereocenters. The van der Waals surface area contributed by atoms with Crippen molar-refractivity contribution in [1.29, 1.82) is 0 Å². The molecule has 0 radical (unpaired) electrons. The summed E-state index contributed by atoms with van der Waals surface area (Å²) in [6.45, 7) is 1.79. The average molecular weight is 204 g/mol.